The molecule has 1 aliphatic heterocycles. The van der Waals surface area contributed by atoms with Gasteiger partial charge in [-0.2, -0.15) is 0 Å². The SMILES string of the molecule is CCNC(=NCC1(c2ccc(F)cc2)CC1)N1CCN(C(C)=O)CC1. The number of rotatable bonds is 4. The predicted octanol–water partition coefficient (Wildman–Crippen LogP) is 1.99. The van der Waals surface area contributed by atoms with Crippen molar-refractivity contribution in [1.82, 2.24) is 15.1 Å². The minimum Gasteiger partial charge on any atom is -0.357 e. The smallest absolute Gasteiger partial charge is 0.219 e. The first-order valence-electron chi connectivity index (χ1n) is 9.09. The highest BCUT2D eigenvalue weighted by Gasteiger charge is 2.44. The highest BCUT2D eigenvalue weighted by Crippen LogP contribution is 2.48. The van der Waals surface area contributed by atoms with Crippen LogP contribution < -0.4 is 5.32 Å². The molecule has 1 saturated heterocycles. The molecule has 5 nitrogen and oxygen atoms in total. The quantitative estimate of drug-likeness (QED) is 0.670. The first-order chi connectivity index (χ1) is 12.0. The van der Waals surface area contributed by atoms with Crippen LogP contribution in [-0.4, -0.2) is 60.9 Å². The lowest BCUT2D eigenvalue weighted by Gasteiger charge is -2.36. The number of benzene rings is 1. The molecule has 6 heteroatoms. The van der Waals surface area contributed by atoms with Gasteiger partial charge in [0.25, 0.3) is 0 Å². The number of nitrogens with zero attached hydrogens (tertiary/aromatic N) is 3. The molecule has 1 N–H and O–H groups in total. The Hall–Kier alpha value is -2.11. The molecular formula is C19H27FN4O. The van der Waals surface area contributed by atoms with Crippen molar-refractivity contribution in [3.63, 3.8) is 0 Å². The summed E-state index contributed by atoms with van der Waals surface area (Å²) in [7, 11) is 0. The molecule has 25 heavy (non-hydrogen) atoms. The summed E-state index contributed by atoms with van der Waals surface area (Å²) in [5, 5.41) is 3.37. The van der Waals surface area contributed by atoms with Crippen LogP contribution in [0.15, 0.2) is 29.3 Å². The van der Waals surface area contributed by atoms with Crippen LogP contribution in [0.2, 0.25) is 0 Å². The standard InChI is InChI=1S/C19H27FN4O/c1-3-21-18(24-12-10-23(11-13-24)15(2)25)22-14-19(8-9-19)16-4-6-17(20)7-5-16/h4-7H,3,8-14H2,1-2H3,(H,21,22). The van der Waals surface area contributed by atoms with Gasteiger partial charge in [-0.3, -0.25) is 9.79 Å². The number of hydrogen-bond acceptors (Lipinski definition) is 2. The van der Waals surface area contributed by atoms with E-state index in [4.69, 9.17) is 4.99 Å². The first kappa shape index (κ1) is 17.7. The normalized spacial score (nSPS) is 19.7. The highest BCUT2D eigenvalue weighted by molar-refractivity contribution is 5.80. The number of nitrogens with one attached hydrogen (secondary N) is 1. The zero-order chi connectivity index (χ0) is 17.9. The molecule has 1 amide bonds. The monoisotopic (exact) mass is 346 g/mol. The van der Waals surface area contributed by atoms with Gasteiger partial charge in [0.05, 0.1) is 6.54 Å². The van der Waals surface area contributed by atoms with Gasteiger partial charge >= 0.3 is 0 Å². The third kappa shape index (κ3) is 4.11. The molecule has 1 aromatic carbocycles. The fraction of sp³-hybridized carbons (Fsp3) is 0.579. The van der Waals surface area contributed by atoms with Crippen LogP contribution in [0, 0.1) is 5.82 Å². The Balaban J connectivity index is 1.66. The molecule has 3 rings (SSSR count). The van der Waals surface area contributed by atoms with Crippen molar-refractivity contribution in [2.45, 2.75) is 32.1 Å². The summed E-state index contributed by atoms with van der Waals surface area (Å²) < 4.78 is 13.2. The van der Waals surface area contributed by atoms with Crippen LogP contribution >= 0.6 is 0 Å². The maximum atomic E-state index is 13.2. The zero-order valence-electron chi connectivity index (χ0n) is 15.1. The number of carbonyl (C=O) groups is 1. The fourth-order valence-corrected chi connectivity index (χ4v) is 3.38. The van der Waals surface area contributed by atoms with E-state index in [1.165, 1.54) is 17.7 Å². The molecule has 1 aliphatic carbocycles. The van der Waals surface area contributed by atoms with Crippen LogP contribution in [0.25, 0.3) is 0 Å². The van der Waals surface area contributed by atoms with Crippen molar-refractivity contribution >= 4 is 11.9 Å². The zero-order valence-corrected chi connectivity index (χ0v) is 15.1. The van der Waals surface area contributed by atoms with Gasteiger partial charge in [0.2, 0.25) is 5.91 Å². The third-order valence-corrected chi connectivity index (χ3v) is 5.20. The van der Waals surface area contributed by atoms with Crippen molar-refractivity contribution in [1.29, 1.82) is 0 Å². The van der Waals surface area contributed by atoms with Crippen molar-refractivity contribution in [3.8, 4) is 0 Å². The molecule has 0 atom stereocenters. The van der Waals surface area contributed by atoms with Gasteiger partial charge in [0, 0.05) is 45.1 Å². The van der Waals surface area contributed by atoms with Crippen LogP contribution in [0.5, 0.6) is 0 Å². The molecular weight excluding hydrogens is 319 g/mol. The molecule has 0 spiro atoms. The van der Waals surface area contributed by atoms with Crippen LogP contribution in [0.4, 0.5) is 4.39 Å². The summed E-state index contributed by atoms with van der Waals surface area (Å²) in [6.07, 6.45) is 2.19. The minimum atomic E-state index is -0.195. The number of carbonyl (C=O) groups excluding carboxylic acids is 1. The minimum absolute atomic E-state index is 0.0651. The second-order valence-electron chi connectivity index (χ2n) is 6.95. The molecule has 1 saturated carbocycles. The summed E-state index contributed by atoms with van der Waals surface area (Å²) in [5.41, 5.74) is 1.24. The lowest BCUT2D eigenvalue weighted by atomic mass is 9.96. The average Bonchev–Trinajstić information content (AvgIpc) is 3.40. The van der Waals surface area contributed by atoms with Crippen molar-refractivity contribution < 1.29 is 9.18 Å². The van der Waals surface area contributed by atoms with Gasteiger partial charge in [0.15, 0.2) is 5.96 Å². The third-order valence-electron chi connectivity index (χ3n) is 5.20. The van der Waals surface area contributed by atoms with Crippen LogP contribution in [0.3, 0.4) is 0 Å². The summed E-state index contributed by atoms with van der Waals surface area (Å²) >= 11 is 0. The van der Waals surface area contributed by atoms with E-state index in [1.807, 2.05) is 17.0 Å². The van der Waals surface area contributed by atoms with E-state index in [0.717, 1.165) is 51.5 Å². The van der Waals surface area contributed by atoms with Gasteiger partial charge in [-0.05, 0) is 37.5 Å². The molecule has 2 fully saturated rings. The molecule has 136 valence electrons. The number of hydrogen-bond donors (Lipinski definition) is 1. The lowest BCUT2D eigenvalue weighted by Crippen LogP contribution is -2.53. The number of piperazine rings is 1. The topological polar surface area (TPSA) is 47.9 Å². The predicted molar refractivity (Wildman–Crippen MR) is 97.1 cm³/mol. The van der Waals surface area contributed by atoms with E-state index in [9.17, 15) is 9.18 Å². The first-order valence-corrected chi connectivity index (χ1v) is 9.09. The summed E-state index contributed by atoms with van der Waals surface area (Å²) in [6, 6.07) is 6.84. The number of aliphatic imine (C=N–C) groups is 1. The Morgan fingerprint density at radius 3 is 2.28 bits per heavy atom. The van der Waals surface area contributed by atoms with E-state index >= 15 is 0 Å². The average molecular weight is 346 g/mol. The van der Waals surface area contributed by atoms with Crippen molar-refractivity contribution in [3.05, 3.63) is 35.6 Å². The van der Waals surface area contributed by atoms with Crippen molar-refractivity contribution in [2.24, 2.45) is 4.99 Å². The van der Waals surface area contributed by atoms with Gasteiger partial charge in [0.1, 0.15) is 5.82 Å². The second kappa shape index (κ2) is 7.42. The van der Waals surface area contributed by atoms with Gasteiger partial charge in [-0.15, -0.1) is 0 Å². The van der Waals surface area contributed by atoms with Gasteiger partial charge < -0.3 is 15.1 Å². The Morgan fingerprint density at radius 1 is 1.16 bits per heavy atom. The Kier molecular flexibility index (Phi) is 5.25. The molecule has 0 radical (unpaired) electrons. The van der Waals surface area contributed by atoms with E-state index in [1.54, 1.807) is 6.92 Å². The largest absolute Gasteiger partial charge is 0.357 e. The highest BCUT2D eigenvalue weighted by atomic mass is 19.1. The Morgan fingerprint density at radius 2 is 1.76 bits per heavy atom. The van der Waals surface area contributed by atoms with E-state index in [-0.39, 0.29) is 17.1 Å². The van der Waals surface area contributed by atoms with E-state index in [0.29, 0.717) is 6.54 Å². The Labute approximate surface area is 148 Å². The number of amides is 1. The summed E-state index contributed by atoms with van der Waals surface area (Å²) in [5.74, 6) is 0.855. The van der Waals surface area contributed by atoms with Gasteiger partial charge in [-0.25, -0.2) is 4.39 Å². The van der Waals surface area contributed by atoms with Crippen LogP contribution in [0.1, 0.15) is 32.3 Å². The lowest BCUT2D eigenvalue weighted by molar-refractivity contribution is -0.130. The Bertz CT molecular complexity index is 631. The van der Waals surface area contributed by atoms with Crippen molar-refractivity contribution in [2.75, 3.05) is 39.3 Å². The number of guanidine groups is 1. The molecule has 0 aromatic heterocycles. The molecule has 0 bridgehead atoms. The fourth-order valence-electron chi connectivity index (χ4n) is 3.38. The van der Waals surface area contributed by atoms with Gasteiger partial charge in [-0.1, -0.05) is 12.1 Å². The number of halogens is 1. The molecule has 2 aliphatic rings. The summed E-state index contributed by atoms with van der Waals surface area (Å²) in [6.45, 7) is 8.29. The molecule has 0 unspecified atom stereocenters. The second-order valence-corrected chi connectivity index (χ2v) is 6.95. The van der Waals surface area contributed by atoms with E-state index < -0.39 is 0 Å². The maximum absolute atomic E-state index is 13.2. The maximum Gasteiger partial charge on any atom is 0.219 e. The summed E-state index contributed by atoms with van der Waals surface area (Å²) in [4.78, 5) is 20.5. The van der Waals surface area contributed by atoms with Crippen LogP contribution in [-0.2, 0) is 10.2 Å². The molecule has 1 aromatic rings. The van der Waals surface area contributed by atoms with E-state index in [2.05, 4.69) is 17.1 Å². The molecule has 1 heterocycles.